The van der Waals surface area contributed by atoms with Gasteiger partial charge in [0.15, 0.2) is 5.76 Å². The SMILES string of the molecule is CC1=C(O)C(=O)C=C2C1=CC=C1C2(C)CCC2(C)C3CC(C)C(=O)C(C(CC(=O)O)C(=O)O)C3(C)CCC12C. The summed E-state index contributed by atoms with van der Waals surface area (Å²) in [5.74, 6) is -5.53. The van der Waals surface area contributed by atoms with Gasteiger partial charge >= 0.3 is 11.9 Å². The molecule has 3 N–H and O–H groups in total. The molecule has 5 aliphatic carbocycles. The number of hydrogen-bond acceptors (Lipinski definition) is 5. The van der Waals surface area contributed by atoms with Crippen LogP contribution in [0.1, 0.15) is 80.1 Å². The van der Waals surface area contributed by atoms with E-state index in [9.17, 15) is 34.5 Å². The zero-order chi connectivity index (χ0) is 28.9. The van der Waals surface area contributed by atoms with Crippen molar-refractivity contribution < 1.29 is 34.5 Å². The lowest BCUT2D eigenvalue weighted by Gasteiger charge is -2.70. The van der Waals surface area contributed by atoms with Gasteiger partial charge in [-0.05, 0) is 78.4 Å². The minimum atomic E-state index is -1.26. The number of rotatable bonds is 4. The first kappa shape index (κ1) is 27.6. The third-order valence-corrected chi connectivity index (χ3v) is 12.1. The van der Waals surface area contributed by atoms with Gasteiger partial charge in [-0.2, -0.15) is 0 Å². The molecule has 5 aliphatic rings. The minimum absolute atomic E-state index is 0.0283. The molecule has 0 radical (unpaired) electrons. The van der Waals surface area contributed by atoms with E-state index in [1.54, 1.807) is 13.0 Å². The molecule has 0 aliphatic heterocycles. The molecule has 8 atom stereocenters. The number of carbonyl (C=O) groups excluding carboxylic acids is 2. The van der Waals surface area contributed by atoms with Gasteiger partial charge in [-0.1, -0.05) is 52.3 Å². The maximum atomic E-state index is 13.6. The number of ketones is 2. The second-order valence-corrected chi connectivity index (χ2v) is 13.8. The standard InChI is InChI=1S/C32H40O7/c1-16-13-23-30(4,25(26(16)36)19(28(38)39)14-24(34)35)10-12-31(5)22-8-7-18-17(2)27(37)21(33)15-20(18)29(22,3)9-11-32(23,31)6/h7-8,15-16,19,23,25,37H,9-14H2,1-6H3,(H,34,35)(H,38,39). The van der Waals surface area contributed by atoms with Crippen molar-refractivity contribution in [2.24, 2.45) is 45.3 Å². The first-order valence-corrected chi connectivity index (χ1v) is 14.1. The molecule has 7 heteroatoms. The highest BCUT2D eigenvalue weighted by Gasteiger charge is 2.69. The van der Waals surface area contributed by atoms with Crippen molar-refractivity contribution in [2.75, 3.05) is 0 Å². The van der Waals surface area contributed by atoms with E-state index in [1.165, 1.54) is 5.57 Å². The van der Waals surface area contributed by atoms with Crippen LogP contribution in [0.25, 0.3) is 0 Å². The Morgan fingerprint density at radius 2 is 1.69 bits per heavy atom. The largest absolute Gasteiger partial charge is 0.504 e. The highest BCUT2D eigenvalue weighted by Crippen LogP contribution is 2.75. The molecular formula is C32H40O7. The first-order chi connectivity index (χ1) is 18.0. The Morgan fingerprint density at radius 1 is 1.03 bits per heavy atom. The number of allylic oxidation sites excluding steroid dienone is 7. The number of aliphatic hydroxyl groups is 1. The quantitative estimate of drug-likeness (QED) is 0.413. The Hall–Kier alpha value is -2.96. The molecule has 0 aromatic carbocycles. The van der Waals surface area contributed by atoms with Crippen LogP contribution in [0, 0.1) is 45.3 Å². The molecule has 0 bridgehead atoms. The van der Waals surface area contributed by atoms with Crippen LogP contribution in [0.15, 0.2) is 46.3 Å². The minimum Gasteiger partial charge on any atom is -0.504 e. The summed E-state index contributed by atoms with van der Waals surface area (Å²) in [5.41, 5.74) is 2.16. The number of carboxylic acids is 2. The number of carbonyl (C=O) groups is 4. The van der Waals surface area contributed by atoms with E-state index in [-0.39, 0.29) is 45.4 Å². The Bertz CT molecular complexity index is 1330. The highest BCUT2D eigenvalue weighted by atomic mass is 16.4. The molecule has 0 heterocycles. The normalized spacial score (nSPS) is 42.2. The summed E-state index contributed by atoms with van der Waals surface area (Å²) < 4.78 is 0. The van der Waals surface area contributed by atoms with Gasteiger partial charge in [0.2, 0.25) is 5.78 Å². The van der Waals surface area contributed by atoms with Crippen molar-refractivity contribution in [1.29, 1.82) is 0 Å². The van der Waals surface area contributed by atoms with E-state index >= 15 is 0 Å². The molecule has 39 heavy (non-hydrogen) atoms. The predicted molar refractivity (Wildman–Crippen MR) is 145 cm³/mol. The number of Topliss-reactive ketones (excluding diaryl/α,β-unsaturated/α-hetero) is 1. The van der Waals surface area contributed by atoms with E-state index in [0.717, 1.165) is 30.4 Å². The number of aliphatic hydroxyl groups excluding tert-OH is 1. The molecule has 0 aromatic heterocycles. The monoisotopic (exact) mass is 536 g/mol. The number of fused-ring (bicyclic) bond motifs is 7. The first-order valence-electron chi connectivity index (χ1n) is 14.1. The van der Waals surface area contributed by atoms with Crippen molar-refractivity contribution in [3.05, 3.63) is 46.3 Å². The van der Waals surface area contributed by atoms with Crippen LogP contribution in [-0.2, 0) is 19.2 Å². The Kier molecular flexibility index (Phi) is 6.03. The number of hydrogen-bond donors (Lipinski definition) is 3. The number of aliphatic carboxylic acids is 2. The van der Waals surface area contributed by atoms with Gasteiger partial charge in [-0.15, -0.1) is 0 Å². The van der Waals surface area contributed by atoms with Crippen molar-refractivity contribution in [1.82, 2.24) is 0 Å². The fraction of sp³-hybridized carbons (Fsp3) is 0.625. The summed E-state index contributed by atoms with van der Waals surface area (Å²) in [5, 5.41) is 30.0. The van der Waals surface area contributed by atoms with Crippen molar-refractivity contribution >= 4 is 23.5 Å². The van der Waals surface area contributed by atoms with Crippen LogP contribution in [0.5, 0.6) is 0 Å². The van der Waals surface area contributed by atoms with Crippen molar-refractivity contribution in [2.45, 2.75) is 80.1 Å². The van der Waals surface area contributed by atoms with Crippen molar-refractivity contribution in [3.63, 3.8) is 0 Å². The van der Waals surface area contributed by atoms with E-state index in [1.807, 2.05) is 19.9 Å². The van der Waals surface area contributed by atoms with E-state index in [4.69, 9.17) is 0 Å². The van der Waals surface area contributed by atoms with E-state index in [0.29, 0.717) is 18.4 Å². The maximum absolute atomic E-state index is 13.6. The maximum Gasteiger partial charge on any atom is 0.307 e. The highest BCUT2D eigenvalue weighted by molar-refractivity contribution is 6.06. The van der Waals surface area contributed by atoms with Gasteiger partial charge in [0, 0.05) is 22.8 Å². The van der Waals surface area contributed by atoms with Crippen molar-refractivity contribution in [3.8, 4) is 0 Å². The molecule has 210 valence electrons. The summed E-state index contributed by atoms with van der Waals surface area (Å²) >= 11 is 0. The van der Waals surface area contributed by atoms with Crippen LogP contribution in [-0.4, -0.2) is 38.8 Å². The Morgan fingerprint density at radius 3 is 2.31 bits per heavy atom. The summed E-state index contributed by atoms with van der Waals surface area (Å²) in [7, 11) is 0. The number of carboxylic acid groups (broad SMARTS) is 2. The topological polar surface area (TPSA) is 129 Å². The molecule has 0 aromatic rings. The lowest BCUT2D eigenvalue weighted by Crippen LogP contribution is -2.65. The van der Waals surface area contributed by atoms with Crippen LogP contribution >= 0.6 is 0 Å². The second-order valence-electron chi connectivity index (χ2n) is 13.8. The van der Waals surface area contributed by atoms with E-state index < -0.39 is 35.6 Å². The zero-order valence-electron chi connectivity index (χ0n) is 23.8. The smallest absolute Gasteiger partial charge is 0.307 e. The van der Waals surface area contributed by atoms with Gasteiger partial charge in [0.05, 0.1) is 12.3 Å². The predicted octanol–water partition coefficient (Wildman–Crippen LogP) is 5.82. The molecule has 3 saturated carbocycles. The molecular weight excluding hydrogens is 496 g/mol. The van der Waals surface area contributed by atoms with Gasteiger partial charge < -0.3 is 15.3 Å². The van der Waals surface area contributed by atoms with Crippen LogP contribution in [0.2, 0.25) is 0 Å². The fourth-order valence-corrected chi connectivity index (χ4v) is 9.71. The molecule has 5 rings (SSSR count). The van der Waals surface area contributed by atoms with Gasteiger partial charge in [0.25, 0.3) is 0 Å². The third-order valence-electron chi connectivity index (χ3n) is 12.1. The molecule has 3 fully saturated rings. The fourth-order valence-electron chi connectivity index (χ4n) is 9.71. The lowest BCUT2D eigenvalue weighted by molar-refractivity contribution is -0.190. The summed E-state index contributed by atoms with van der Waals surface area (Å²) in [6.07, 6.45) is 8.86. The Labute approximate surface area is 229 Å². The van der Waals surface area contributed by atoms with Gasteiger partial charge in [-0.25, -0.2) is 0 Å². The lowest BCUT2D eigenvalue weighted by atomic mass is 9.33. The second kappa shape index (κ2) is 8.52. The zero-order valence-corrected chi connectivity index (χ0v) is 23.8. The molecule has 0 amide bonds. The summed E-state index contributed by atoms with van der Waals surface area (Å²) in [6.45, 7) is 12.5. The average Bonchev–Trinajstić information content (AvgIpc) is 2.85. The molecule has 7 nitrogen and oxygen atoms in total. The Balaban J connectivity index is 1.64. The average molecular weight is 537 g/mol. The molecule has 0 saturated heterocycles. The van der Waals surface area contributed by atoms with E-state index in [2.05, 4.69) is 26.8 Å². The van der Waals surface area contributed by atoms with Crippen LogP contribution < -0.4 is 0 Å². The summed E-state index contributed by atoms with van der Waals surface area (Å²) in [6, 6.07) is 0. The van der Waals surface area contributed by atoms with Gasteiger partial charge in [-0.3, -0.25) is 19.2 Å². The third kappa shape index (κ3) is 3.47. The summed E-state index contributed by atoms with van der Waals surface area (Å²) in [4.78, 5) is 50.4. The molecule has 0 spiro atoms. The van der Waals surface area contributed by atoms with Gasteiger partial charge in [0.1, 0.15) is 5.78 Å². The molecule has 8 unspecified atom stereocenters. The van der Waals surface area contributed by atoms with Crippen LogP contribution in [0.3, 0.4) is 0 Å². The van der Waals surface area contributed by atoms with Crippen LogP contribution in [0.4, 0.5) is 0 Å².